The highest BCUT2D eigenvalue weighted by atomic mass is 16.5. The molecule has 2 aliphatic rings. The Bertz CT molecular complexity index is 345. The monoisotopic (exact) mass is 270 g/mol. The predicted molar refractivity (Wildman–Crippen MR) is 69.0 cm³/mol. The van der Waals surface area contributed by atoms with Crippen LogP contribution in [-0.2, 0) is 9.53 Å². The molecule has 6 heteroatoms. The van der Waals surface area contributed by atoms with Crippen LogP contribution in [0, 0.1) is 0 Å². The third-order valence-corrected chi connectivity index (χ3v) is 4.07. The smallest absolute Gasteiger partial charge is 0.317 e. The molecule has 0 bridgehead atoms. The number of nitrogens with one attached hydrogen (secondary N) is 1. The van der Waals surface area contributed by atoms with Gasteiger partial charge in [-0.25, -0.2) is 4.79 Å². The van der Waals surface area contributed by atoms with E-state index in [2.05, 4.69) is 5.32 Å². The van der Waals surface area contributed by atoms with Crippen molar-refractivity contribution in [3.63, 3.8) is 0 Å². The van der Waals surface area contributed by atoms with Gasteiger partial charge >= 0.3 is 12.0 Å². The number of aliphatic carboxylic acids is 1. The first-order valence-electron chi connectivity index (χ1n) is 6.88. The summed E-state index contributed by atoms with van der Waals surface area (Å²) in [7, 11) is 1.68. The molecule has 6 nitrogen and oxygen atoms in total. The van der Waals surface area contributed by atoms with Gasteiger partial charge < -0.3 is 20.1 Å². The number of carbonyl (C=O) groups is 2. The van der Waals surface area contributed by atoms with E-state index in [0.29, 0.717) is 6.54 Å². The molecule has 2 saturated carbocycles. The van der Waals surface area contributed by atoms with Crippen LogP contribution in [0.3, 0.4) is 0 Å². The lowest BCUT2D eigenvalue weighted by Gasteiger charge is -2.40. The standard InChI is InChI=1S/C13H22N2O4/c1-19-13(6-2-7-13)9-14-12(18)15(10-3-4-10)8-5-11(16)17/h10H,2-9H2,1H3,(H,14,18)(H,16,17). The van der Waals surface area contributed by atoms with Crippen molar-refractivity contribution >= 4 is 12.0 Å². The lowest BCUT2D eigenvalue weighted by atomic mass is 9.80. The number of ether oxygens (including phenoxy) is 1. The molecule has 0 radical (unpaired) electrons. The van der Waals surface area contributed by atoms with E-state index >= 15 is 0 Å². The summed E-state index contributed by atoms with van der Waals surface area (Å²) in [5, 5.41) is 11.6. The summed E-state index contributed by atoms with van der Waals surface area (Å²) < 4.78 is 5.45. The summed E-state index contributed by atoms with van der Waals surface area (Å²) in [6, 6.07) is 0.0614. The zero-order chi connectivity index (χ0) is 13.9. The minimum Gasteiger partial charge on any atom is -0.481 e. The van der Waals surface area contributed by atoms with Crippen LogP contribution in [0.25, 0.3) is 0 Å². The Morgan fingerprint density at radius 3 is 2.53 bits per heavy atom. The Labute approximate surface area is 113 Å². The second-order valence-electron chi connectivity index (χ2n) is 5.47. The summed E-state index contributed by atoms with van der Waals surface area (Å²) in [6.07, 6.45) is 5.03. The molecule has 0 unspecified atom stereocenters. The van der Waals surface area contributed by atoms with E-state index in [-0.39, 0.29) is 30.6 Å². The molecule has 2 amide bonds. The first kappa shape index (κ1) is 14.1. The van der Waals surface area contributed by atoms with Crippen molar-refractivity contribution < 1.29 is 19.4 Å². The second kappa shape index (κ2) is 5.77. The summed E-state index contributed by atoms with van der Waals surface area (Å²) in [6.45, 7) is 0.796. The van der Waals surface area contributed by atoms with Gasteiger partial charge in [0.1, 0.15) is 0 Å². The van der Waals surface area contributed by atoms with Crippen molar-refractivity contribution in [1.82, 2.24) is 10.2 Å². The minimum absolute atomic E-state index is 0.000654. The molecule has 0 aromatic carbocycles. The molecule has 0 atom stereocenters. The van der Waals surface area contributed by atoms with E-state index in [9.17, 15) is 9.59 Å². The Morgan fingerprint density at radius 2 is 2.11 bits per heavy atom. The van der Waals surface area contributed by atoms with Crippen LogP contribution >= 0.6 is 0 Å². The Balaban J connectivity index is 1.80. The Morgan fingerprint density at radius 1 is 1.42 bits per heavy atom. The number of urea groups is 1. The number of carboxylic acids is 1. The summed E-state index contributed by atoms with van der Waals surface area (Å²) in [5.74, 6) is -0.870. The zero-order valence-corrected chi connectivity index (χ0v) is 11.4. The van der Waals surface area contributed by atoms with Crippen LogP contribution in [-0.4, -0.2) is 53.8 Å². The SMILES string of the molecule is COC1(CNC(=O)N(CCC(=O)O)C2CC2)CCC1. The van der Waals surface area contributed by atoms with Crippen LogP contribution in [0.5, 0.6) is 0 Å². The minimum atomic E-state index is -0.870. The maximum atomic E-state index is 12.1. The molecule has 0 heterocycles. The second-order valence-corrected chi connectivity index (χ2v) is 5.47. The molecule has 2 rings (SSSR count). The average molecular weight is 270 g/mol. The molecule has 0 aromatic heterocycles. The van der Waals surface area contributed by atoms with Gasteiger partial charge in [0.05, 0.1) is 12.0 Å². The fourth-order valence-electron chi connectivity index (χ4n) is 2.41. The van der Waals surface area contributed by atoms with E-state index in [4.69, 9.17) is 9.84 Å². The van der Waals surface area contributed by atoms with Crippen molar-refractivity contribution in [3.05, 3.63) is 0 Å². The van der Waals surface area contributed by atoms with E-state index < -0.39 is 5.97 Å². The van der Waals surface area contributed by atoms with Crippen LogP contribution in [0.15, 0.2) is 0 Å². The molecule has 0 saturated heterocycles. The molecule has 0 aromatic rings. The highest BCUT2D eigenvalue weighted by molar-refractivity contribution is 5.76. The van der Waals surface area contributed by atoms with Gasteiger partial charge in [-0.3, -0.25) is 4.79 Å². The number of hydrogen-bond acceptors (Lipinski definition) is 3. The quantitative estimate of drug-likeness (QED) is 0.728. The van der Waals surface area contributed by atoms with Gasteiger partial charge in [-0.15, -0.1) is 0 Å². The lowest BCUT2D eigenvalue weighted by Crippen LogP contribution is -2.52. The number of rotatable bonds is 7. The number of nitrogens with zero attached hydrogens (tertiary/aromatic N) is 1. The molecule has 2 N–H and O–H groups in total. The van der Waals surface area contributed by atoms with E-state index in [0.717, 1.165) is 32.1 Å². The number of carbonyl (C=O) groups excluding carboxylic acids is 1. The third-order valence-electron chi connectivity index (χ3n) is 4.07. The van der Waals surface area contributed by atoms with Crippen molar-refractivity contribution in [1.29, 1.82) is 0 Å². The van der Waals surface area contributed by atoms with Crippen molar-refractivity contribution in [2.45, 2.75) is 50.2 Å². The van der Waals surface area contributed by atoms with Crippen LogP contribution in [0.4, 0.5) is 4.79 Å². The molecule has 2 aliphatic carbocycles. The number of hydrogen-bond donors (Lipinski definition) is 2. The van der Waals surface area contributed by atoms with Gasteiger partial charge in [-0.1, -0.05) is 0 Å². The molecule has 0 aliphatic heterocycles. The molecule has 19 heavy (non-hydrogen) atoms. The molecular weight excluding hydrogens is 248 g/mol. The normalized spacial score (nSPS) is 20.5. The van der Waals surface area contributed by atoms with Gasteiger partial charge in [0.15, 0.2) is 0 Å². The number of methoxy groups -OCH3 is 1. The van der Waals surface area contributed by atoms with Gasteiger partial charge in [-0.2, -0.15) is 0 Å². The van der Waals surface area contributed by atoms with Crippen LogP contribution < -0.4 is 5.32 Å². The first-order valence-corrected chi connectivity index (χ1v) is 6.88. The lowest BCUT2D eigenvalue weighted by molar-refractivity contribution is -0.137. The average Bonchev–Trinajstić information content (AvgIpc) is 3.12. The summed E-state index contributed by atoms with van der Waals surface area (Å²) in [5.41, 5.74) is -0.197. The van der Waals surface area contributed by atoms with E-state index in [1.54, 1.807) is 12.0 Å². The summed E-state index contributed by atoms with van der Waals surface area (Å²) in [4.78, 5) is 24.4. The Hall–Kier alpha value is -1.30. The topological polar surface area (TPSA) is 78.9 Å². The van der Waals surface area contributed by atoms with Gasteiger partial charge in [0.2, 0.25) is 0 Å². The predicted octanol–water partition coefficient (Wildman–Crippen LogP) is 1.20. The van der Waals surface area contributed by atoms with Crippen molar-refractivity contribution in [2.75, 3.05) is 20.2 Å². The highest BCUT2D eigenvalue weighted by Gasteiger charge is 2.39. The fraction of sp³-hybridized carbons (Fsp3) is 0.846. The molecule has 0 spiro atoms. The first-order chi connectivity index (χ1) is 9.06. The number of amides is 2. The molecule has 2 fully saturated rings. The fourth-order valence-corrected chi connectivity index (χ4v) is 2.41. The maximum Gasteiger partial charge on any atom is 0.317 e. The summed E-state index contributed by atoms with van der Waals surface area (Å²) >= 11 is 0. The highest BCUT2D eigenvalue weighted by Crippen LogP contribution is 2.34. The van der Waals surface area contributed by atoms with Crippen molar-refractivity contribution in [3.8, 4) is 0 Å². The van der Waals surface area contributed by atoms with Gasteiger partial charge in [0, 0.05) is 26.2 Å². The van der Waals surface area contributed by atoms with E-state index in [1.165, 1.54) is 0 Å². The van der Waals surface area contributed by atoms with Gasteiger partial charge in [0.25, 0.3) is 0 Å². The van der Waals surface area contributed by atoms with Crippen LogP contribution in [0.1, 0.15) is 38.5 Å². The third kappa shape index (κ3) is 3.59. The zero-order valence-electron chi connectivity index (χ0n) is 11.4. The maximum absolute atomic E-state index is 12.1. The molecular formula is C13H22N2O4. The van der Waals surface area contributed by atoms with E-state index in [1.807, 2.05) is 0 Å². The largest absolute Gasteiger partial charge is 0.481 e. The van der Waals surface area contributed by atoms with Crippen molar-refractivity contribution in [2.24, 2.45) is 0 Å². The molecule has 108 valence electrons. The number of carboxylic acid groups (broad SMARTS) is 1. The van der Waals surface area contributed by atoms with Gasteiger partial charge in [-0.05, 0) is 32.1 Å². The van der Waals surface area contributed by atoms with Crippen LogP contribution in [0.2, 0.25) is 0 Å². The Kier molecular flexibility index (Phi) is 4.29.